The van der Waals surface area contributed by atoms with Crippen molar-refractivity contribution in [3.8, 4) is 0 Å². The molecule has 0 amide bonds. The highest BCUT2D eigenvalue weighted by atomic mass is 32.2. The van der Waals surface area contributed by atoms with Crippen LogP contribution >= 0.6 is 0 Å². The van der Waals surface area contributed by atoms with Crippen molar-refractivity contribution in [2.45, 2.75) is 43.8 Å². The van der Waals surface area contributed by atoms with Crippen LogP contribution in [0.1, 0.15) is 31.7 Å². The van der Waals surface area contributed by atoms with Crippen molar-refractivity contribution in [1.29, 1.82) is 0 Å². The van der Waals surface area contributed by atoms with Gasteiger partial charge in [0.15, 0.2) is 5.79 Å². The largest absolute Gasteiger partial charge is 0.347 e. The Bertz CT molecular complexity index is 544. The minimum atomic E-state index is -3.72. The van der Waals surface area contributed by atoms with Crippen molar-refractivity contribution in [2.75, 3.05) is 19.8 Å². The Morgan fingerprint density at radius 3 is 2.33 bits per heavy atom. The lowest BCUT2D eigenvalue weighted by molar-refractivity contribution is -0.170. The zero-order valence-corrected chi connectivity index (χ0v) is 13.3. The van der Waals surface area contributed by atoms with E-state index in [0.29, 0.717) is 19.6 Å². The third-order valence-corrected chi connectivity index (χ3v) is 4.80. The topological polar surface area (TPSA) is 61.8 Å². The van der Waals surface area contributed by atoms with Gasteiger partial charge >= 0.3 is 0 Å². The van der Waals surface area contributed by atoms with Gasteiger partial charge in [0.05, 0.1) is 24.7 Å². The molecule has 0 unspecified atom stereocenters. The molecule has 118 valence electrons. The van der Waals surface area contributed by atoms with Crippen molar-refractivity contribution >= 4 is 10.1 Å². The summed E-state index contributed by atoms with van der Waals surface area (Å²) in [6.07, 6.45) is 2.05. The molecule has 1 aliphatic heterocycles. The summed E-state index contributed by atoms with van der Waals surface area (Å²) in [6, 6.07) is 6.60. The third-order valence-electron chi connectivity index (χ3n) is 3.48. The van der Waals surface area contributed by atoms with E-state index in [1.165, 1.54) is 0 Å². The van der Waals surface area contributed by atoms with Crippen LogP contribution < -0.4 is 0 Å². The summed E-state index contributed by atoms with van der Waals surface area (Å²) in [5.74, 6) is -0.683. The lowest BCUT2D eigenvalue weighted by Crippen LogP contribution is -2.32. The summed E-state index contributed by atoms with van der Waals surface area (Å²) in [6.45, 7) is 5.09. The van der Waals surface area contributed by atoms with E-state index < -0.39 is 15.9 Å². The molecule has 1 heterocycles. The average Bonchev–Trinajstić information content (AvgIpc) is 2.88. The van der Waals surface area contributed by atoms with Crippen molar-refractivity contribution in [3.63, 3.8) is 0 Å². The SMILES string of the molecule is CCCC1(CCOS(=O)(=O)c2ccc(C)cc2)OCCO1. The molecule has 1 aromatic rings. The highest BCUT2D eigenvalue weighted by molar-refractivity contribution is 7.86. The van der Waals surface area contributed by atoms with Gasteiger partial charge in [-0.1, -0.05) is 31.0 Å². The van der Waals surface area contributed by atoms with Gasteiger partial charge in [0.25, 0.3) is 10.1 Å². The Labute approximate surface area is 126 Å². The van der Waals surface area contributed by atoms with E-state index in [1.807, 2.05) is 13.8 Å². The monoisotopic (exact) mass is 314 g/mol. The van der Waals surface area contributed by atoms with Gasteiger partial charge in [-0.25, -0.2) is 0 Å². The van der Waals surface area contributed by atoms with Crippen LogP contribution in [0.3, 0.4) is 0 Å². The Morgan fingerprint density at radius 2 is 1.76 bits per heavy atom. The zero-order chi connectivity index (χ0) is 15.3. The van der Waals surface area contributed by atoms with E-state index in [-0.39, 0.29) is 11.5 Å². The molecular weight excluding hydrogens is 292 g/mol. The lowest BCUT2D eigenvalue weighted by atomic mass is 10.1. The van der Waals surface area contributed by atoms with Gasteiger partial charge in [-0.15, -0.1) is 0 Å². The van der Waals surface area contributed by atoms with Crippen LogP contribution in [0.4, 0.5) is 0 Å². The molecule has 5 nitrogen and oxygen atoms in total. The maximum absolute atomic E-state index is 12.1. The molecule has 1 fully saturated rings. The number of benzene rings is 1. The fourth-order valence-corrected chi connectivity index (χ4v) is 3.28. The molecule has 0 aromatic heterocycles. The predicted octanol–water partition coefficient (Wildman–Crippen LogP) is 2.63. The summed E-state index contributed by atoms with van der Waals surface area (Å²) in [5.41, 5.74) is 1.00. The summed E-state index contributed by atoms with van der Waals surface area (Å²) < 4.78 is 40.5. The van der Waals surface area contributed by atoms with E-state index in [1.54, 1.807) is 24.3 Å². The van der Waals surface area contributed by atoms with E-state index in [2.05, 4.69) is 0 Å². The first-order valence-electron chi connectivity index (χ1n) is 7.21. The normalized spacial score (nSPS) is 18.0. The van der Waals surface area contributed by atoms with Gasteiger partial charge in [-0.3, -0.25) is 4.18 Å². The number of rotatable bonds is 7. The zero-order valence-electron chi connectivity index (χ0n) is 12.5. The molecule has 2 rings (SSSR count). The smallest absolute Gasteiger partial charge is 0.296 e. The molecule has 1 saturated heterocycles. The first-order valence-corrected chi connectivity index (χ1v) is 8.62. The second-order valence-electron chi connectivity index (χ2n) is 5.20. The number of hydrogen-bond acceptors (Lipinski definition) is 5. The fraction of sp³-hybridized carbons (Fsp3) is 0.600. The second kappa shape index (κ2) is 6.87. The molecule has 1 aromatic carbocycles. The summed E-state index contributed by atoms with van der Waals surface area (Å²) in [5, 5.41) is 0. The molecule has 0 aliphatic carbocycles. The molecule has 0 N–H and O–H groups in total. The fourth-order valence-electron chi connectivity index (χ4n) is 2.37. The minimum Gasteiger partial charge on any atom is -0.347 e. The van der Waals surface area contributed by atoms with Crippen LogP contribution in [0.5, 0.6) is 0 Å². The number of hydrogen-bond donors (Lipinski definition) is 0. The Hall–Kier alpha value is -0.950. The van der Waals surface area contributed by atoms with Crippen molar-refractivity contribution in [2.24, 2.45) is 0 Å². The summed E-state index contributed by atoms with van der Waals surface area (Å²) >= 11 is 0. The van der Waals surface area contributed by atoms with Gasteiger partial charge in [0, 0.05) is 12.8 Å². The molecule has 6 heteroatoms. The second-order valence-corrected chi connectivity index (χ2v) is 6.81. The Kier molecular flexibility index (Phi) is 5.37. The van der Waals surface area contributed by atoms with Gasteiger partial charge in [0.1, 0.15) is 0 Å². The van der Waals surface area contributed by atoms with Crippen LogP contribution in [0, 0.1) is 6.92 Å². The van der Waals surface area contributed by atoms with Gasteiger partial charge < -0.3 is 9.47 Å². The number of aryl methyl sites for hydroxylation is 1. The highest BCUT2D eigenvalue weighted by Crippen LogP contribution is 2.29. The molecular formula is C15H22O5S. The average molecular weight is 314 g/mol. The quantitative estimate of drug-likeness (QED) is 0.724. The molecule has 0 saturated carbocycles. The van der Waals surface area contributed by atoms with Gasteiger partial charge in [-0.2, -0.15) is 8.42 Å². The van der Waals surface area contributed by atoms with Crippen LogP contribution in [0.2, 0.25) is 0 Å². The van der Waals surface area contributed by atoms with E-state index in [0.717, 1.165) is 18.4 Å². The molecule has 0 bridgehead atoms. The van der Waals surface area contributed by atoms with E-state index in [4.69, 9.17) is 13.7 Å². The Morgan fingerprint density at radius 1 is 1.14 bits per heavy atom. The van der Waals surface area contributed by atoms with Crippen molar-refractivity contribution < 1.29 is 22.1 Å². The molecule has 21 heavy (non-hydrogen) atoms. The van der Waals surface area contributed by atoms with Crippen molar-refractivity contribution in [3.05, 3.63) is 29.8 Å². The molecule has 0 radical (unpaired) electrons. The van der Waals surface area contributed by atoms with Crippen LogP contribution in [-0.4, -0.2) is 34.0 Å². The molecule has 1 aliphatic rings. The molecule has 0 atom stereocenters. The third kappa shape index (κ3) is 4.26. The van der Waals surface area contributed by atoms with Gasteiger partial charge in [0.2, 0.25) is 0 Å². The van der Waals surface area contributed by atoms with Gasteiger partial charge in [-0.05, 0) is 19.1 Å². The van der Waals surface area contributed by atoms with Crippen LogP contribution in [-0.2, 0) is 23.8 Å². The maximum atomic E-state index is 12.1. The van der Waals surface area contributed by atoms with E-state index >= 15 is 0 Å². The van der Waals surface area contributed by atoms with Crippen LogP contribution in [0.25, 0.3) is 0 Å². The highest BCUT2D eigenvalue weighted by Gasteiger charge is 2.35. The van der Waals surface area contributed by atoms with Crippen LogP contribution in [0.15, 0.2) is 29.2 Å². The lowest BCUT2D eigenvalue weighted by Gasteiger charge is -2.26. The predicted molar refractivity (Wildman–Crippen MR) is 78.5 cm³/mol. The van der Waals surface area contributed by atoms with Crippen molar-refractivity contribution in [1.82, 2.24) is 0 Å². The Balaban J connectivity index is 1.94. The molecule has 0 spiro atoms. The summed E-state index contributed by atoms with van der Waals surface area (Å²) in [4.78, 5) is 0.172. The van der Waals surface area contributed by atoms with E-state index in [9.17, 15) is 8.42 Å². The number of ether oxygens (including phenoxy) is 2. The summed E-state index contributed by atoms with van der Waals surface area (Å²) in [7, 11) is -3.72. The minimum absolute atomic E-state index is 0.0518. The first kappa shape index (κ1) is 16.4. The standard InChI is InChI=1S/C15H22O5S/c1-3-8-15(18-11-12-19-15)9-10-20-21(16,17)14-6-4-13(2)5-7-14/h4-7H,3,8-12H2,1-2H3. The first-order chi connectivity index (χ1) is 9.97. The maximum Gasteiger partial charge on any atom is 0.296 e.